The molecule has 0 heterocycles. The Kier molecular flexibility index (Phi) is 3.27. The van der Waals surface area contributed by atoms with Crippen LogP contribution in [0.3, 0.4) is 0 Å². The molecule has 0 radical (unpaired) electrons. The standard InChI is InChI=1S/C8H7F3O4S/c9-8(10,11)6-3-1-5(2-4-6)7(12)16(13,14)15/h1-4,7,12H,(H,13,14,15)/t7-/m1/s1. The molecule has 2 N–H and O–H groups in total. The first kappa shape index (κ1) is 12.9. The lowest BCUT2D eigenvalue weighted by Crippen LogP contribution is -2.12. The van der Waals surface area contributed by atoms with Crippen LogP contribution in [-0.2, 0) is 16.3 Å². The largest absolute Gasteiger partial charge is 0.416 e. The van der Waals surface area contributed by atoms with E-state index in [0.717, 1.165) is 12.1 Å². The molecule has 0 unspecified atom stereocenters. The first-order valence-corrected chi connectivity index (χ1v) is 5.44. The summed E-state index contributed by atoms with van der Waals surface area (Å²) in [6.45, 7) is 0. The maximum atomic E-state index is 12.1. The van der Waals surface area contributed by atoms with Crippen molar-refractivity contribution < 1.29 is 31.2 Å². The summed E-state index contributed by atoms with van der Waals surface area (Å²) in [7, 11) is -4.73. The third-order valence-corrected chi connectivity index (χ3v) is 2.64. The van der Waals surface area contributed by atoms with Gasteiger partial charge in [-0.25, -0.2) is 0 Å². The van der Waals surface area contributed by atoms with Crippen molar-refractivity contribution in [3.63, 3.8) is 0 Å². The first-order chi connectivity index (χ1) is 7.12. The second-order valence-corrected chi connectivity index (χ2v) is 4.46. The number of alkyl halides is 3. The minimum atomic E-state index is -4.73. The Morgan fingerprint density at radius 1 is 1.12 bits per heavy atom. The van der Waals surface area contributed by atoms with Crippen molar-refractivity contribution in [1.82, 2.24) is 0 Å². The average molecular weight is 256 g/mol. The molecule has 0 saturated carbocycles. The molecule has 1 rings (SSSR count). The van der Waals surface area contributed by atoms with Gasteiger partial charge in [-0.3, -0.25) is 4.55 Å². The topological polar surface area (TPSA) is 74.6 Å². The Balaban J connectivity index is 3.05. The summed E-state index contributed by atoms with van der Waals surface area (Å²) in [4.78, 5) is 0. The highest BCUT2D eigenvalue weighted by molar-refractivity contribution is 7.85. The molecule has 16 heavy (non-hydrogen) atoms. The molecule has 0 bridgehead atoms. The van der Waals surface area contributed by atoms with Crippen molar-refractivity contribution in [2.45, 2.75) is 11.6 Å². The van der Waals surface area contributed by atoms with Crippen LogP contribution in [0.1, 0.15) is 16.6 Å². The Hall–Kier alpha value is -1.12. The molecule has 1 aromatic rings. The van der Waals surface area contributed by atoms with Crippen molar-refractivity contribution >= 4 is 10.1 Å². The normalized spacial score (nSPS) is 14.8. The molecular weight excluding hydrogens is 249 g/mol. The fourth-order valence-corrected chi connectivity index (χ4v) is 1.51. The molecule has 0 aromatic heterocycles. The summed E-state index contributed by atoms with van der Waals surface area (Å²) in [6.07, 6.45) is -4.54. The minimum absolute atomic E-state index is 0.337. The summed E-state index contributed by atoms with van der Waals surface area (Å²) < 4.78 is 65.8. The van der Waals surface area contributed by atoms with Crippen molar-refractivity contribution in [1.29, 1.82) is 0 Å². The SMILES string of the molecule is O=S(=O)(O)[C@@H](O)c1ccc(C(F)(F)F)cc1. The van der Waals surface area contributed by atoms with Gasteiger partial charge in [-0.2, -0.15) is 21.6 Å². The summed E-state index contributed by atoms with van der Waals surface area (Å²) in [5.74, 6) is 0. The number of aliphatic hydroxyl groups excluding tert-OH is 1. The van der Waals surface area contributed by atoms with Crippen molar-refractivity contribution in [3.05, 3.63) is 35.4 Å². The number of hydrogen-bond donors (Lipinski definition) is 2. The van der Waals surface area contributed by atoms with E-state index in [0.29, 0.717) is 12.1 Å². The number of benzene rings is 1. The van der Waals surface area contributed by atoms with Gasteiger partial charge in [-0.1, -0.05) is 12.1 Å². The predicted molar refractivity (Wildman–Crippen MR) is 48.0 cm³/mol. The summed E-state index contributed by atoms with van der Waals surface area (Å²) >= 11 is 0. The van der Waals surface area contributed by atoms with Crippen molar-refractivity contribution in [2.24, 2.45) is 0 Å². The van der Waals surface area contributed by atoms with Gasteiger partial charge >= 0.3 is 6.18 Å². The lowest BCUT2D eigenvalue weighted by molar-refractivity contribution is -0.137. The van der Waals surface area contributed by atoms with E-state index >= 15 is 0 Å². The average Bonchev–Trinajstić information content (AvgIpc) is 2.14. The molecule has 1 atom stereocenters. The number of hydrogen-bond acceptors (Lipinski definition) is 3. The lowest BCUT2D eigenvalue weighted by atomic mass is 10.1. The van der Waals surface area contributed by atoms with E-state index in [1.165, 1.54) is 0 Å². The molecule has 4 nitrogen and oxygen atoms in total. The van der Waals surface area contributed by atoms with E-state index in [4.69, 9.17) is 9.66 Å². The van der Waals surface area contributed by atoms with Crippen molar-refractivity contribution in [2.75, 3.05) is 0 Å². The predicted octanol–water partition coefficient (Wildman–Crippen LogP) is 1.58. The van der Waals surface area contributed by atoms with E-state index in [1.54, 1.807) is 0 Å². The van der Waals surface area contributed by atoms with Crippen LogP contribution in [0.5, 0.6) is 0 Å². The van der Waals surface area contributed by atoms with E-state index in [2.05, 4.69) is 0 Å². The molecule has 0 spiro atoms. The first-order valence-electron chi connectivity index (χ1n) is 3.94. The summed E-state index contributed by atoms with van der Waals surface area (Å²) in [5.41, 5.74) is -3.55. The second-order valence-electron chi connectivity index (χ2n) is 2.99. The van der Waals surface area contributed by atoms with Crippen LogP contribution in [0.4, 0.5) is 13.2 Å². The Bertz CT molecular complexity index is 463. The van der Waals surface area contributed by atoms with Crippen LogP contribution in [0.15, 0.2) is 24.3 Å². The quantitative estimate of drug-likeness (QED) is 0.788. The maximum absolute atomic E-state index is 12.1. The fraction of sp³-hybridized carbons (Fsp3) is 0.250. The van der Waals surface area contributed by atoms with E-state index in [-0.39, 0.29) is 5.56 Å². The van der Waals surface area contributed by atoms with Gasteiger partial charge in [0.25, 0.3) is 10.1 Å². The van der Waals surface area contributed by atoms with Gasteiger partial charge in [-0.05, 0) is 17.7 Å². The zero-order valence-electron chi connectivity index (χ0n) is 7.64. The third kappa shape index (κ3) is 2.94. The smallest absolute Gasteiger partial charge is 0.371 e. The van der Waals surface area contributed by atoms with Gasteiger partial charge < -0.3 is 5.11 Å². The minimum Gasteiger partial charge on any atom is -0.371 e. The van der Waals surface area contributed by atoms with Crippen LogP contribution in [0.2, 0.25) is 0 Å². The number of aliphatic hydroxyl groups is 1. The molecule has 0 fully saturated rings. The maximum Gasteiger partial charge on any atom is 0.416 e. The molecule has 8 heteroatoms. The second kappa shape index (κ2) is 4.04. The van der Waals surface area contributed by atoms with Crippen LogP contribution < -0.4 is 0 Å². The van der Waals surface area contributed by atoms with E-state index in [1.807, 2.05) is 0 Å². The Morgan fingerprint density at radius 3 is 1.88 bits per heavy atom. The molecule has 90 valence electrons. The van der Waals surface area contributed by atoms with Crippen molar-refractivity contribution in [3.8, 4) is 0 Å². The fourth-order valence-electron chi connectivity index (χ4n) is 1.01. The van der Waals surface area contributed by atoms with E-state index in [9.17, 15) is 21.6 Å². The summed E-state index contributed by atoms with van der Waals surface area (Å²) in [5, 5.41) is 9.03. The molecular formula is C8H7F3O4S. The third-order valence-electron chi connectivity index (χ3n) is 1.81. The highest BCUT2D eigenvalue weighted by atomic mass is 32.2. The molecule has 0 aliphatic carbocycles. The van der Waals surface area contributed by atoms with Crippen LogP contribution >= 0.6 is 0 Å². The monoisotopic (exact) mass is 256 g/mol. The van der Waals surface area contributed by atoms with Gasteiger partial charge in [0.05, 0.1) is 5.56 Å². The lowest BCUT2D eigenvalue weighted by Gasteiger charge is -2.10. The van der Waals surface area contributed by atoms with Gasteiger partial charge in [-0.15, -0.1) is 0 Å². The molecule has 0 aliphatic rings. The molecule has 0 saturated heterocycles. The highest BCUT2D eigenvalue weighted by Crippen LogP contribution is 2.30. The number of halogens is 3. The molecule has 1 aromatic carbocycles. The van der Waals surface area contributed by atoms with Gasteiger partial charge in [0.15, 0.2) is 0 Å². The van der Waals surface area contributed by atoms with Crippen LogP contribution in [0, 0.1) is 0 Å². The van der Waals surface area contributed by atoms with Crippen LogP contribution in [0.25, 0.3) is 0 Å². The highest BCUT2D eigenvalue weighted by Gasteiger charge is 2.31. The molecule has 0 amide bonds. The van der Waals surface area contributed by atoms with Gasteiger partial charge in [0.1, 0.15) is 0 Å². The Labute approximate surface area is 89.1 Å². The van der Waals surface area contributed by atoms with Crippen LogP contribution in [-0.4, -0.2) is 18.1 Å². The zero-order valence-corrected chi connectivity index (χ0v) is 8.46. The summed E-state index contributed by atoms with van der Waals surface area (Å²) in [6, 6.07) is 2.79. The zero-order chi connectivity index (χ0) is 12.6. The van der Waals surface area contributed by atoms with E-state index < -0.39 is 27.3 Å². The Morgan fingerprint density at radius 2 is 1.56 bits per heavy atom. The van der Waals surface area contributed by atoms with Gasteiger partial charge in [0, 0.05) is 0 Å². The van der Waals surface area contributed by atoms with Gasteiger partial charge in [0.2, 0.25) is 5.44 Å². The molecule has 0 aliphatic heterocycles. The number of rotatable bonds is 2.